The standard InChI is InChI=1S/C12H15F3O2/c1-10(2)6-4-5-11(10,3)8(16)7(6)9(17)12(13,14)15/h6,17H,4-5H2,1-3H3/b9-7+/t6-,11-/m1/s1. The summed E-state index contributed by atoms with van der Waals surface area (Å²) in [5.74, 6) is -2.71. The Balaban J connectivity index is 2.60. The molecule has 0 aromatic carbocycles. The van der Waals surface area contributed by atoms with Crippen LogP contribution in [0.2, 0.25) is 0 Å². The fraction of sp³-hybridized carbons (Fsp3) is 0.750. The third kappa shape index (κ3) is 1.31. The molecule has 2 aliphatic carbocycles. The number of Topliss-reactive ketones (excluding diaryl/α,β-unsaturated/α-hetero) is 1. The van der Waals surface area contributed by atoms with Crippen LogP contribution >= 0.6 is 0 Å². The summed E-state index contributed by atoms with van der Waals surface area (Å²) in [5.41, 5.74) is -1.69. The lowest BCUT2D eigenvalue weighted by atomic mass is 9.70. The molecule has 0 spiro atoms. The molecule has 96 valence electrons. The Labute approximate surface area is 97.5 Å². The Kier molecular flexibility index (Phi) is 2.24. The smallest absolute Gasteiger partial charge is 0.449 e. The second kappa shape index (κ2) is 3.06. The van der Waals surface area contributed by atoms with E-state index in [1.807, 2.05) is 0 Å². The van der Waals surface area contributed by atoms with Gasteiger partial charge in [-0.15, -0.1) is 0 Å². The molecule has 0 amide bonds. The summed E-state index contributed by atoms with van der Waals surface area (Å²) >= 11 is 0. The van der Waals surface area contributed by atoms with Crippen LogP contribution in [-0.4, -0.2) is 17.1 Å². The number of carbonyl (C=O) groups excluding carboxylic acids is 1. The highest BCUT2D eigenvalue weighted by atomic mass is 19.4. The van der Waals surface area contributed by atoms with Crippen molar-refractivity contribution < 1.29 is 23.1 Å². The normalized spacial score (nSPS) is 38.7. The first-order chi connectivity index (χ1) is 7.53. The lowest BCUT2D eigenvalue weighted by Gasteiger charge is -2.31. The minimum absolute atomic E-state index is 0.406. The maximum absolute atomic E-state index is 12.5. The van der Waals surface area contributed by atoms with E-state index in [-0.39, 0.29) is 0 Å². The van der Waals surface area contributed by atoms with Crippen molar-refractivity contribution in [1.82, 2.24) is 0 Å². The van der Waals surface area contributed by atoms with E-state index in [0.29, 0.717) is 12.8 Å². The van der Waals surface area contributed by atoms with E-state index in [0.717, 1.165) is 0 Å². The van der Waals surface area contributed by atoms with Gasteiger partial charge >= 0.3 is 6.18 Å². The van der Waals surface area contributed by atoms with Crippen molar-refractivity contribution in [2.75, 3.05) is 0 Å². The molecule has 0 heterocycles. The average molecular weight is 248 g/mol. The Morgan fingerprint density at radius 2 is 1.88 bits per heavy atom. The van der Waals surface area contributed by atoms with E-state index in [9.17, 15) is 23.1 Å². The highest BCUT2D eigenvalue weighted by Crippen LogP contribution is 2.66. The number of alkyl halides is 3. The molecule has 0 aromatic heterocycles. The van der Waals surface area contributed by atoms with E-state index >= 15 is 0 Å². The van der Waals surface area contributed by atoms with E-state index < -0.39 is 40.0 Å². The Bertz CT molecular complexity index is 420. The van der Waals surface area contributed by atoms with Crippen molar-refractivity contribution in [1.29, 1.82) is 0 Å². The van der Waals surface area contributed by atoms with Crippen molar-refractivity contribution in [2.45, 2.75) is 39.8 Å². The zero-order chi connectivity index (χ0) is 13.2. The molecule has 2 fully saturated rings. The topological polar surface area (TPSA) is 37.3 Å². The largest absolute Gasteiger partial charge is 0.504 e. The van der Waals surface area contributed by atoms with Crippen LogP contribution in [0.1, 0.15) is 33.6 Å². The highest BCUT2D eigenvalue weighted by molar-refractivity contribution is 6.05. The third-order valence-corrected chi connectivity index (χ3v) is 4.84. The van der Waals surface area contributed by atoms with Crippen LogP contribution in [0.25, 0.3) is 0 Å². The number of allylic oxidation sites excluding steroid dienone is 2. The molecule has 1 N–H and O–H groups in total. The van der Waals surface area contributed by atoms with Crippen molar-refractivity contribution in [3.8, 4) is 0 Å². The van der Waals surface area contributed by atoms with Gasteiger partial charge in [0.05, 0.1) is 0 Å². The lowest BCUT2D eigenvalue weighted by Crippen LogP contribution is -2.32. The van der Waals surface area contributed by atoms with Gasteiger partial charge in [-0.25, -0.2) is 0 Å². The van der Waals surface area contributed by atoms with Gasteiger partial charge in [-0.3, -0.25) is 4.79 Å². The van der Waals surface area contributed by atoms with Gasteiger partial charge in [0.25, 0.3) is 0 Å². The Hall–Kier alpha value is -1.00. The summed E-state index contributed by atoms with van der Waals surface area (Å²) in [7, 11) is 0. The lowest BCUT2D eigenvalue weighted by molar-refractivity contribution is -0.131. The molecule has 0 unspecified atom stereocenters. The van der Waals surface area contributed by atoms with Gasteiger partial charge in [-0.2, -0.15) is 13.2 Å². The minimum atomic E-state index is -4.83. The van der Waals surface area contributed by atoms with Crippen molar-refractivity contribution >= 4 is 5.78 Å². The van der Waals surface area contributed by atoms with Crippen LogP contribution in [0.3, 0.4) is 0 Å². The van der Waals surface area contributed by atoms with E-state index in [1.54, 1.807) is 20.8 Å². The zero-order valence-corrected chi connectivity index (χ0v) is 9.98. The first kappa shape index (κ1) is 12.5. The summed E-state index contributed by atoms with van der Waals surface area (Å²) in [4.78, 5) is 12.1. The average Bonchev–Trinajstić information content (AvgIpc) is 2.47. The summed E-state index contributed by atoms with van der Waals surface area (Å²) < 4.78 is 37.5. The van der Waals surface area contributed by atoms with Gasteiger partial charge in [-0.05, 0) is 24.2 Å². The minimum Gasteiger partial charge on any atom is -0.504 e. The SMILES string of the molecule is CC1(C)[C@@H]2CC[C@]1(C)C(=O)/C2=C(/O)C(F)(F)F. The molecular weight excluding hydrogens is 233 g/mol. The molecule has 2 rings (SSSR count). The Morgan fingerprint density at radius 1 is 1.35 bits per heavy atom. The van der Waals surface area contributed by atoms with Crippen molar-refractivity contribution in [3.63, 3.8) is 0 Å². The quantitative estimate of drug-likeness (QED) is 0.527. The number of hydrogen-bond donors (Lipinski definition) is 1. The van der Waals surface area contributed by atoms with Gasteiger partial charge in [0, 0.05) is 11.0 Å². The summed E-state index contributed by atoms with van der Waals surface area (Å²) in [6.45, 7) is 5.31. The van der Waals surface area contributed by atoms with Crippen LogP contribution in [0.4, 0.5) is 13.2 Å². The van der Waals surface area contributed by atoms with Gasteiger partial charge in [-0.1, -0.05) is 20.8 Å². The fourth-order valence-corrected chi connectivity index (χ4v) is 3.29. The number of ketones is 1. The number of fused-ring (bicyclic) bond motifs is 2. The number of halogens is 3. The summed E-state index contributed by atoms with van der Waals surface area (Å²) in [6.07, 6.45) is -3.70. The second-order valence-corrected chi connectivity index (χ2v) is 5.73. The van der Waals surface area contributed by atoms with Crippen LogP contribution in [0, 0.1) is 16.7 Å². The monoisotopic (exact) mass is 248 g/mol. The van der Waals surface area contributed by atoms with Gasteiger partial charge in [0.2, 0.25) is 5.76 Å². The second-order valence-electron chi connectivity index (χ2n) is 5.73. The van der Waals surface area contributed by atoms with Gasteiger partial charge in [0.1, 0.15) is 0 Å². The predicted molar refractivity (Wildman–Crippen MR) is 55.3 cm³/mol. The molecule has 2 bridgehead atoms. The molecule has 2 aliphatic rings. The number of aliphatic hydroxyl groups excluding tert-OH is 1. The molecule has 0 saturated heterocycles. The zero-order valence-electron chi connectivity index (χ0n) is 9.98. The molecular formula is C12H15F3O2. The molecule has 0 aliphatic heterocycles. The molecule has 2 saturated carbocycles. The molecule has 0 aromatic rings. The first-order valence-electron chi connectivity index (χ1n) is 5.58. The van der Waals surface area contributed by atoms with E-state index in [4.69, 9.17) is 0 Å². The number of hydrogen-bond acceptors (Lipinski definition) is 2. The van der Waals surface area contributed by atoms with Crippen molar-refractivity contribution in [2.24, 2.45) is 16.7 Å². The summed E-state index contributed by atoms with van der Waals surface area (Å²) in [6, 6.07) is 0. The molecule has 0 radical (unpaired) electrons. The Morgan fingerprint density at radius 3 is 2.24 bits per heavy atom. The predicted octanol–water partition coefficient (Wildman–Crippen LogP) is 3.39. The number of aliphatic hydroxyl groups is 1. The van der Waals surface area contributed by atoms with Crippen LogP contribution in [0.5, 0.6) is 0 Å². The fourth-order valence-electron chi connectivity index (χ4n) is 3.29. The number of rotatable bonds is 0. The van der Waals surface area contributed by atoms with Crippen molar-refractivity contribution in [3.05, 3.63) is 11.3 Å². The first-order valence-corrected chi connectivity index (χ1v) is 5.58. The molecule has 2 atom stereocenters. The maximum Gasteiger partial charge on any atom is 0.449 e. The molecule has 5 heteroatoms. The maximum atomic E-state index is 12.5. The van der Waals surface area contributed by atoms with Crippen LogP contribution in [-0.2, 0) is 4.79 Å². The third-order valence-electron chi connectivity index (χ3n) is 4.84. The highest BCUT2D eigenvalue weighted by Gasteiger charge is 2.66. The molecule has 17 heavy (non-hydrogen) atoms. The van der Waals surface area contributed by atoms with E-state index in [1.165, 1.54) is 0 Å². The van der Waals surface area contributed by atoms with Gasteiger partial charge in [0.15, 0.2) is 5.78 Å². The molecule has 2 nitrogen and oxygen atoms in total. The number of carbonyl (C=O) groups is 1. The van der Waals surface area contributed by atoms with Gasteiger partial charge < -0.3 is 5.11 Å². The van der Waals surface area contributed by atoms with Crippen LogP contribution in [0.15, 0.2) is 11.3 Å². The summed E-state index contributed by atoms with van der Waals surface area (Å²) in [5, 5.41) is 9.26. The van der Waals surface area contributed by atoms with E-state index in [2.05, 4.69) is 0 Å². The van der Waals surface area contributed by atoms with Crippen LogP contribution < -0.4 is 0 Å².